The number of piperidine rings is 1. The van der Waals surface area contributed by atoms with Crippen LogP contribution in [0.3, 0.4) is 0 Å². The first-order valence-electron chi connectivity index (χ1n) is 14.1. The maximum atomic E-state index is 14.2. The first kappa shape index (κ1) is 28.7. The van der Waals surface area contributed by atoms with Gasteiger partial charge in [-0.2, -0.15) is 26.3 Å². The number of benzene rings is 2. The van der Waals surface area contributed by atoms with Crippen LogP contribution >= 0.6 is 0 Å². The van der Waals surface area contributed by atoms with Crippen LogP contribution in [-0.4, -0.2) is 43.9 Å². The van der Waals surface area contributed by atoms with Gasteiger partial charge in [-0.15, -0.1) is 10.2 Å². The van der Waals surface area contributed by atoms with Crippen molar-refractivity contribution in [1.29, 1.82) is 0 Å². The van der Waals surface area contributed by atoms with Gasteiger partial charge in [0.1, 0.15) is 23.2 Å². The van der Waals surface area contributed by atoms with Crippen molar-refractivity contribution in [1.82, 2.24) is 24.6 Å². The predicted octanol–water partition coefficient (Wildman–Crippen LogP) is 7.59. The standard InChI is InChI=1S/C30H31F6N5O/c1-17-5-4-8-41(14-17)15-18-9-23(30(34,35)36)26-24(10-18)38-28(42-26)20-7-3-6-19(11-20)25(27-39-37-16-40(27)2)21-12-22(13-21)29(31,32)33/h3,6-7,9-11,16-17,21-22,25H,4-5,8,12-15H2,1-2H3/t17-,21?,22?,25-/m0/s1. The minimum atomic E-state index is -4.64. The molecule has 12 heteroatoms. The Morgan fingerprint density at radius 2 is 1.86 bits per heavy atom. The first-order chi connectivity index (χ1) is 19.9. The van der Waals surface area contributed by atoms with Gasteiger partial charge in [0.05, 0.1) is 5.92 Å². The summed E-state index contributed by atoms with van der Waals surface area (Å²) in [5.41, 5.74) is 0.524. The van der Waals surface area contributed by atoms with Crippen LogP contribution in [-0.2, 0) is 19.8 Å². The molecule has 6 nitrogen and oxygen atoms in total. The molecule has 0 unspecified atom stereocenters. The Kier molecular flexibility index (Phi) is 7.31. The van der Waals surface area contributed by atoms with Crippen LogP contribution in [0.5, 0.6) is 0 Å². The average Bonchev–Trinajstić information content (AvgIpc) is 3.50. The monoisotopic (exact) mass is 591 g/mol. The van der Waals surface area contributed by atoms with E-state index in [0.29, 0.717) is 35.0 Å². The van der Waals surface area contributed by atoms with E-state index in [-0.39, 0.29) is 35.7 Å². The van der Waals surface area contributed by atoms with Crippen molar-refractivity contribution in [3.63, 3.8) is 0 Å². The molecule has 2 aliphatic rings. The minimum absolute atomic E-state index is 0.0135. The second-order valence-electron chi connectivity index (χ2n) is 11.9. The zero-order valence-corrected chi connectivity index (χ0v) is 23.2. The lowest BCUT2D eigenvalue weighted by Gasteiger charge is -2.41. The van der Waals surface area contributed by atoms with Crippen LogP contribution in [0.2, 0.25) is 0 Å². The van der Waals surface area contributed by atoms with E-state index in [1.807, 2.05) is 0 Å². The second kappa shape index (κ2) is 10.7. The Morgan fingerprint density at radius 1 is 1.07 bits per heavy atom. The molecule has 1 aliphatic carbocycles. The van der Waals surface area contributed by atoms with Crippen molar-refractivity contribution in [2.24, 2.45) is 24.8 Å². The highest BCUT2D eigenvalue weighted by Gasteiger charge is 2.51. The maximum absolute atomic E-state index is 14.2. The summed E-state index contributed by atoms with van der Waals surface area (Å²) in [6.07, 6.45) is -5.37. The Morgan fingerprint density at radius 3 is 2.52 bits per heavy atom. The number of oxazole rings is 1. The Hall–Kier alpha value is -3.41. The molecule has 0 amide bonds. The highest BCUT2D eigenvalue weighted by molar-refractivity contribution is 5.81. The summed E-state index contributed by atoms with van der Waals surface area (Å²) >= 11 is 0. The largest absolute Gasteiger partial charge is 0.435 e. The number of hydrogen-bond acceptors (Lipinski definition) is 5. The number of alkyl halides is 6. The van der Waals surface area contributed by atoms with Crippen molar-refractivity contribution in [3.05, 3.63) is 65.2 Å². The number of rotatable bonds is 6. The molecule has 0 radical (unpaired) electrons. The van der Waals surface area contributed by atoms with Gasteiger partial charge < -0.3 is 8.98 Å². The van der Waals surface area contributed by atoms with Gasteiger partial charge in [-0.05, 0) is 79.5 Å². The molecular formula is C30H31F6N5O. The van der Waals surface area contributed by atoms with Gasteiger partial charge in [-0.1, -0.05) is 19.1 Å². The third-order valence-corrected chi connectivity index (χ3v) is 8.63. The number of likely N-dealkylation sites (tertiary alicyclic amines) is 1. The molecule has 0 spiro atoms. The lowest BCUT2D eigenvalue weighted by atomic mass is 9.66. The number of fused-ring (bicyclic) bond motifs is 1. The molecule has 2 fully saturated rings. The Labute approximate surface area is 238 Å². The summed E-state index contributed by atoms with van der Waals surface area (Å²) in [6, 6.07) is 9.67. The third-order valence-electron chi connectivity index (χ3n) is 8.63. The van der Waals surface area contributed by atoms with Crippen LogP contribution in [0.1, 0.15) is 61.0 Å². The smallest absolute Gasteiger partial charge is 0.420 e. The van der Waals surface area contributed by atoms with Crippen LogP contribution in [0.4, 0.5) is 26.3 Å². The summed E-state index contributed by atoms with van der Waals surface area (Å²) in [5.74, 6) is -1.16. The molecule has 2 aromatic carbocycles. The fourth-order valence-electron chi connectivity index (χ4n) is 6.48. The highest BCUT2D eigenvalue weighted by Crippen LogP contribution is 2.52. The van der Waals surface area contributed by atoms with Crippen molar-refractivity contribution in [2.45, 2.75) is 57.4 Å². The van der Waals surface area contributed by atoms with Gasteiger partial charge in [0.25, 0.3) is 0 Å². The van der Waals surface area contributed by atoms with Crippen molar-refractivity contribution in [2.75, 3.05) is 13.1 Å². The number of halogens is 6. The Balaban J connectivity index is 1.35. The zero-order valence-electron chi connectivity index (χ0n) is 23.2. The molecule has 1 saturated carbocycles. The number of hydrogen-bond donors (Lipinski definition) is 0. The minimum Gasteiger partial charge on any atom is -0.435 e. The van der Waals surface area contributed by atoms with E-state index >= 15 is 0 Å². The molecule has 0 bridgehead atoms. The van der Waals surface area contributed by atoms with Gasteiger partial charge in [-0.25, -0.2) is 4.98 Å². The number of nitrogens with zero attached hydrogens (tertiary/aromatic N) is 5. The van der Waals surface area contributed by atoms with Gasteiger partial charge in [-0.3, -0.25) is 4.90 Å². The zero-order chi connectivity index (χ0) is 29.8. The van der Waals surface area contributed by atoms with Crippen LogP contribution in [0.25, 0.3) is 22.6 Å². The van der Waals surface area contributed by atoms with Crippen molar-refractivity contribution < 1.29 is 30.8 Å². The molecule has 2 aromatic heterocycles. The topological polar surface area (TPSA) is 60.0 Å². The predicted molar refractivity (Wildman–Crippen MR) is 143 cm³/mol. The van der Waals surface area contributed by atoms with Gasteiger partial charge in [0.2, 0.25) is 5.89 Å². The van der Waals surface area contributed by atoms with E-state index in [4.69, 9.17) is 4.42 Å². The van der Waals surface area contributed by atoms with E-state index in [1.54, 1.807) is 41.9 Å². The molecule has 2 atom stereocenters. The summed E-state index contributed by atoms with van der Waals surface area (Å²) < 4.78 is 89.9. The molecule has 1 saturated heterocycles. The fourth-order valence-corrected chi connectivity index (χ4v) is 6.48. The van der Waals surface area contributed by atoms with E-state index in [2.05, 4.69) is 27.0 Å². The van der Waals surface area contributed by atoms with Crippen molar-refractivity contribution in [3.8, 4) is 11.5 Å². The fraction of sp³-hybridized carbons (Fsp3) is 0.500. The molecule has 224 valence electrons. The number of aryl methyl sites for hydroxylation is 1. The normalized spacial score (nSPS) is 22.8. The van der Waals surface area contributed by atoms with Crippen LogP contribution < -0.4 is 0 Å². The lowest BCUT2D eigenvalue weighted by Crippen LogP contribution is -2.39. The van der Waals surface area contributed by atoms with E-state index in [1.165, 1.54) is 6.33 Å². The molecule has 1 aliphatic heterocycles. The molecule has 42 heavy (non-hydrogen) atoms. The Bertz CT molecular complexity index is 1570. The number of aromatic nitrogens is 4. The third kappa shape index (κ3) is 5.65. The highest BCUT2D eigenvalue weighted by atomic mass is 19.4. The molecule has 6 rings (SSSR count). The lowest BCUT2D eigenvalue weighted by molar-refractivity contribution is -0.205. The quantitative estimate of drug-likeness (QED) is 0.216. The summed E-state index contributed by atoms with van der Waals surface area (Å²) in [5, 5.41) is 8.11. The molecule has 0 N–H and O–H groups in total. The molecule has 4 aromatic rings. The second-order valence-corrected chi connectivity index (χ2v) is 11.9. The van der Waals surface area contributed by atoms with Gasteiger partial charge in [0.15, 0.2) is 5.58 Å². The van der Waals surface area contributed by atoms with Gasteiger partial charge in [0, 0.05) is 31.6 Å². The van der Waals surface area contributed by atoms with E-state index in [9.17, 15) is 26.3 Å². The average molecular weight is 592 g/mol. The molecular weight excluding hydrogens is 560 g/mol. The summed E-state index contributed by atoms with van der Waals surface area (Å²) in [7, 11) is 1.73. The summed E-state index contributed by atoms with van der Waals surface area (Å²) in [6.45, 7) is 4.19. The first-order valence-corrected chi connectivity index (χ1v) is 14.1. The van der Waals surface area contributed by atoms with Crippen LogP contribution in [0, 0.1) is 17.8 Å². The maximum Gasteiger partial charge on any atom is 0.420 e. The van der Waals surface area contributed by atoms with Crippen LogP contribution in [0.15, 0.2) is 47.1 Å². The SMILES string of the molecule is C[C@H]1CCCN(Cc2cc(C(F)(F)F)c3oc(-c4cccc([C@H](c5nncn5C)C5CC(C(F)(F)F)C5)c4)nc3c2)C1. The van der Waals surface area contributed by atoms with E-state index in [0.717, 1.165) is 32.0 Å². The van der Waals surface area contributed by atoms with Crippen molar-refractivity contribution >= 4 is 11.1 Å². The van der Waals surface area contributed by atoms with Gasteiger partial charge >= 0.3 is 12.4 Å². The molecule has 3 heterocycles. The van der Waals surface area contributed by atoms with E-state index < -0.39 is 29.8 Å². The summed E-state index contributed by atoms with van der Waals surface area (Å²) in [4.78, 5) is 6.63.